The van der Waals surface area contributed by atoms with Gasteiger partial charge in [0.2, 0.25) is 0 Å². The third-order valence-corrected chi connectivity index (χ3v) is 5.07. The van der Waals surface area contributed by atoms with Gasteiger partial charge in [0.15, 0.2) is 0 Å². The van der Waals surface area contributed by atoms with Gasteiger partial charge in [0.25, 0.3) is 0 Å². The minimum absolute atomic E-state index is 0.170. The Morgan fingerprint density at radius 1 is 1.35 bits per heavy atom. The highest BCUT2D eigenvalue weighted by Gasteiger charge is 2.22. The highest BCUT2D eigenvalue weighted by Crippen LogP contribution is 2.36. The topological polar surface area (TPSA) is 46.5 Å². The summed E-state index contributed by atoms with van der Waals surface area (Å²) in [6.45, 7) is 0. The minimum Gasteiger partial charge on any atom is -0.497 e. The third kappa shape index (κ3) is 4.75. The molecule has 0 aromatic heterocycles. The van der Waals surface area contributed by atoms with E-state index < -0.39 is 5.97 Å². The van der Waals surface area contributed by atoms with Crippen LogP contribution in [-0.2, 0) is 4.79 Å². The lowest BCUT2D eigenvalue weighted by molar-refractivity contribution is -0.137. The summed E-state index contributed by atoms with van der Waals surface area (Å²) in [5, 5.41) is 9.26. The molecule has 1 saturated carbocycles. The van der Waals surface area contributed by atoms with E-state index in [0.29, 0.717) is 5.92 Å². The van der Waals surface area contributed by atoms with Crippen LogP contribution < -0.4 is 4.74 Å². The number of hydrogen-bond acceptors (Lipinski definition) is 3. The molecule has 3 nitrogen and oxygen atoms in total. The molecule has 0 bridgehead atoms. The third-order valence-electron chi connectivity index (χ3n) is 3.84. The zero-order chi connectivity index (χ0) is 14.4. The maximum Gasteiger partial charge on any atom is 0.304 e. The van der Waals surface area contributed by atoms with Gasteiger partial charge in [-0.05, 0) is 36.6 Å². The van der Waals surface area contributed by atoms with E-state index in [9.17, 15) is 4.79 Å². The first-order chi connectivity index (χ1) is 9.67. The van der Waals surface area contributed by atoms with Crippen molar-refractivity contribution in [2.45, 2.75) is 48.7 Å². The van der Waals surface area contributed by atoms with Crippen LogP contribution in [0, 0.1) is 5.92 Å². The number of carboxylic acids is 1. The highest BCUT2D eigenvalue weighted by molar-refractivity contribution is 8.00. The second-order valence-electron chi connectivity index (χ2n) is 5.40. The van der Waals surface area contributed by atoms with Crippen molar-refractivity contribution in [3.05, 3.63) is 24.3 Å². The van der Waals surface area contributed by atoms with E-state index in [1.165, 1.54) is 25.7 Å². The number of benzene rings is 1. The fourth-order valence-corrected chi connectivity index (χ4v) is 4.10. The Morgan fingerprint density at radius 3 is 2.55 bits per heavy atom. The van der Waals surface area contributed by atoms with Crippen LogP contribution in [0.3, 0.4) is 0 Å². The quantitative estimate of drug-likeness (QED) is 0.765. The Balaban J connectivity index is 1.95. The highest BCUT2D eigenvalue weighted by atomic mass is 32.2. The summed E-state index contributed by atoms with van der Waals surface area (Å²) in [7, 11) is 1.65. The lowest BCUT2D eigenvalue weighted by Crippen LogP contribution is -2.13. The lowest BCUT2D eigenvalue weighted by Gasteiger charge is -2.18. The van der Waals surface area contributed by atoms with E-state index in [4.69, 9.17) is 9.84 Å². The first-order valence-corrected chi connectivity index (χ1v) is 8.08. The largest absolute Gasteiger partial charge is 0.497 e. The van der Waals surface area contributed by atoms with Crippen molar-refractivity contribution in [2.75, 3.05) is 7.11 Å². The maximum atomic E-state index is 11.0. The Hall–Kier alpha value is -1.16. The van der Waals surface area contributed by atoms with E-state index in [1.807, 2.05) is 24.3 Å². The molecule has 0 amide bonds. The molecule has 0 heterocycles. The molecule has 1 aromatic carbocycles. The summed E-state index contributed by atoms with van der Waals surface area (Å²) in [5.74, 6) is 0.846. The Bertz CT molecular complexity index is 424. The molecule has 110 valence electrons. The Morgan fingerprint density at radius 2 is 2.00 bits per heavy atom. The van der Waals surface area contributed by atoms with E-state index in [2.05, 4.69) is 0 Å². The zero-order valence-corrected chi connectivity index (χ0v) is 12.7. The van der Waals surface area contributed by atoms with Crippen LogP contribution >= 0.6 is 11.8 Å². The standard InChI is InChI=1S/C16H22O3S/c1-19-13-6-8-14(9-7-13)20-15(11-16(17)18)10-12-4-2-3-5-12/h6-9,12,15H,2-5,10-11H2,1H3,(H,17,18). The van der Waals surface area contributed by atoms with Crippen molar-refractivity contribution < 1.29 is 14.6 Å². The summed E-state index contributed by atoms with van der Waals surface area (Å²) < 4.78 is 5.14. The number of methoxy groups -OCH3 is 1. The molecule has 20 heavy (non-hydrogen) atoms. The van der Waals surface area contributed by atoms with E-state index in [1.54, 1.807) is 18.9 Å². The molecule has 1 aliphatic rings. The molecule has 1 aliphatic carbocycles. The second kappa shape index (κ2) is 7.58. The van der Waals surface area contributed by atoms with Crippen molar-refractivity contribution in [3.8, 4) is 5.75 Å². The minimum atomic E-state index is -0.700. The summed E-state index contributed by atoms with van der Waals surface area (Å²) in [4.78, 5) is 12.2. The van der Waals surface area contributed by atoms with Crippen molar-refractivity contribution in [2.24, 2.45) is 5.92 Å². The molecular weight excluding hydrogens is 272 g/mol. The molecule has 1 unspecified atom stereocenters. The summed E-state index contributed by atoms with van der Waals surface area (Å²) in [6.07, 6.45) is 6.39. The summed E-state index contributed by atoms with van der Waals surface area (Å²) in [6, 6.07) is 7.87. The van der Waals surface area contributed by atoms with E-state index >= 15 is 0 Å². The lowest BCUT2D eigenvalue weighted by atomic mass is 10.0. The van der Waals surface area contributed by atoms with Crippen molar-refractivity contribution in [3.63, 3.8) is 0 Å². The van der Waals surface area contributed by atoms with Crippen LogP contribution in [0.1, 0.15) is 38.5 Å². The van der Waals surface area contributed by atoms with Crippen LogP contribution in [0.5, 0.6) is 5.75 Å². The molecule has 1 N–H and O–H groups in total. The van der Waals surface area contributed by atoms with Crippen LogP contribution in [0.4, 0.5) is 0 Å². The molecule has 0 spiro atoms. The van der Waals surface area contributed by atoms with E-state index in [-0.39, 0.29) is 11.7 Å². The van der Waals surface area contributed by atoms with Gasteiger partial charge in [-0.1, -0.05) is 25.7 Å². The number of carboxylic acid groups (broad SMARTS) is 1. The van der Waals surface area contributed by atoms with Gasteiger partial charge in [0, 0.05) is 10.1 Å². The van der Waals surface area contributed by atoms with Gasteiger partial charge in [-0.15, -0.1) is 11.8 Å². The normalized spacial score (nSPS) is 17.1. The van der Waals surface area contributed by atoms with Crippen LogP contribution in [0.25, 0.3) is 0 Å². The van der Waals surface area contributed by atoms with Crippen molar-refractivity contribution in [1.29, 1.82) is 0 Å². The molecule has 2 rings (SSSR count). The van der Waals surface area contributed by atoms with Crippen LogP contribution in [0.2, 0.25) is 0 Å². The first kappa shape index (κ1) is 15.2. The predicted molar refractivity (Wildman–Crippen MR) is 81.5 cm³/mol. The monoisotopic (exact) mass is 294 g/mol. The number of aliphatic carboxylic acids is 1. The molecular formula is C16H22O3S. The predicted octanol–water partition coefficient (Wildman–Crippen LogP) is 4.21. The van der Waals surface area contributed by atoms with Gasteiger partial charge < -0.3 is 9.84 Å². The van der Waals surface area contributed by atoms with Crippen molar-refractivity contribution in [1.82, 2.24) is 0 Å². The number of hydrogen-bond donors (Lipinski definition) is 1. The van der Waals surface area contributed by atoms with Gasteiger partial charge in [-0.3, -0.25) is 4.79 Å². The molecule has 0 aliphatic heterocycles. The maximum absolute atomic E-state index is 11.0. The van der Waals surface area contributed by atoms with Gasteiger partial charge in [0.05, 0.1) is 13.5 Å². The van der Waals surface area contributed by atoms with Gasteiger partial charge in [-0.25, -0.2) is 0 Å². The number of rotatable bonds is 7. The zero-order valence-electron chi connectivity index (χ0n) is 11.9. The van der Waals surface area contributed by atoms with Gasteiger partial charge >= 0.3 is 5.97 Å². The summed E-state index contributed by atoms with van der Waals surface area (Å²) in [5.41, 5.74) is 0. The van der Waals surface area contributed by atoms with Crippen molar-refractivity contribution >= 4 is 17.7 Å². The molecule has 1 fully saturated rings. The number of carbonyl (C=O) groups is 1. The summed E-state index contributed by atoms with van der Waals surface area (Å²) >= 11 is 1.69. The SMILES string of the molecule is COc1ccc(SC(CC(=O)O)CC2CCCC2)cc1. The average Bonchev–Trinajstić information content (AvgIpc) is 2.91. The number of ether oxygens (including phenoxy) is 1. The average molecular weight is 294 g/mol. The molecule has 0 saturated heterocycles. The smallest absolute Gasteiger partial charge is 0.304 e. The Kier molecular flexibility index (Phi) is 5.77. The molecule has 1 atom stereocenters. The second-order valence-corrected chi connectivity index (χ2v) is 6.77. The number of thioether (sulfide) groups is 1. The molecule has 1 aromatic rings. The first-order valence-electron chi connectivity index (χ1n) is 7.20. The van der Waals surface area contributed by atoms with E-state index in [0.717, 1.165) is 17.1 Å². The van der Waals surface area contributed by atoms with Crippen LogP contribution in [0.15, 0.2) is 29.2 Å². The Labute approximate surface area is 124 Å². The molecule has 4 heteroatoms. The fraction of sp³-hybridized carbons (Fsp3) is 0.562. The molecule has 0 radical (unpaired) electrons. The fourth-order valence-electron chi connectivity index (χ4n) is 2.83. The van der Waals surface area contributed by atoms with Crippen LogP contribution in [-0.4, -0.2) is 23.4 Å². The van der Waals surface area contributed by atoms with Gasteiger partial charge in [-0.2, -0.15) is 0 Å². The van der Waals surface area contributed by atoms with Gasteiger partial charge in [0.1, 0.15) is 5.75 Å².